The summed E-state index contributed by atoms with van der Waals surface area (Å²) in [5, 5.41) is 8.81. The summed E-state index contributed by atoms with van der Waals surface area (Å²) in [6, 6.07) is 0. The number of alkyl halides is 2. The van der Waals surface area contributed by atoms with E-state index in [2.05, 4.69) is 4.74 Å². The third-order valence-electron chi connectivity index (χ3n) is 1.95. The molecule has 0 heterocycles. The van der Waals surface area contributed by atoms with Crippen LogP contribution in [-0.4, -0.2) is 24.1 Å². The van der Waals surface area contributed by atoms with Gasteiger partial charge in [-0.2, -0.15) is 8.78 Å². The van der Waals surface area contributed by atoms with Gasteiger partial charge in [-0.05, 0) is 0 Å². The number of nitrogens with zero attached hydrogens (tertiary/aromatic N) is 1. The topological polar surface area (TPSA) is 52.4 Å². The molecule has 0 aromatic heterocycles. The second-order valence-corrected chi connectivity index (χ2v) is 3.20. The highest BCUT2D eigenvalue weighted by Gasteiger charge is 2.57. The van der Waals surface area contributed by atoms with Crippen LogP contribution in [0.4, 0.5) is 17.6 Å². The van der Waals surface area contributed by atoms with Gasteiger partial charge in [0.15, 0.2) is 0 Å². The second-order valence-electron chi connectivity index (χ2n) is 2.79. The van der Waals surface area contributed by atoms with Crippen molar-refractivity contribution in [1.29, 1.82) is 0 Å². The van der Waals surface area contributed by atoms with Gasteiger partial charge in [-0.25, -0.2) is 8.78 Å². The number of nitro groups is 1. The predicted octanol–water partition coefficient (Wildman–Crippen LogP) is 2.53. The van der Waals surface area contributed by atoms with E-state index in [1.54, 1.807) is 0 Å². The monoisotopic (exact) mass is 261 g/mol. The van der Waals surface area contributed by atoms with Crippen LogP contribution in [0.3, 0.4) is 0 Å². The summed E-state index contributed by atoms with van der Waals surface area (Å²) in [6.45, 7) is 0. The van der Waals surface area contributed by atoms with Crippen molar-refractivity contribution < 1.29 is 27.2 Å². The van der Waals surface area contributed by atoms with Gasteiger partial charge < -0.3 is 4.74 Å². The molecule has 90 valence electrons. The summed E-state index contributed by atoms with van der Waals surface area (Å²) in [5.74, 6) is -8.04. The van der Waals surface area contributed by atoms with Crippen molar-refractivity contribution in [1.82, 2.24) is 0 Å². The van der Waals surface area contributed by atoms with E-state index in [1.807, 2.05) is 0 Å². The van der Waals surface area contributed by atoms with Crippen LogP contribution in [0.5, 0.6) is 0 Å². The first kappa shape index (κ1) is 12.9. The van der Waals surface area contributed by atoms with Crippen molar-refractivity contribution in [3.63, 3.8) is 0 Å². The molecular weight excluding hydrogens is 258 g/mol. The molecule has 2 atom stereocenters. The highest BCUT2D eigenvalue weighted by Crippen LogP contribution is 2.45. The molecule has 1 rings (SSSR count). The minimum absolute atomic E-state index is 0.567. The summed E-state index contributed by atoms with van der Waals surface area (Å²) in [6.07, 6.45) is -3.00. The lowest BCUT2D eigenvalue weighted by Crippen LogP contribution is -2.42. The lowest BCUT2D eigenvalue weighted by molar-refractivity contribution is -0.428. The molecule has 0 aromatic carbocycles. The van der Waals surface area contributed by atoms with Crippen LogP contribution in [-0.2, 0) is 4.74 Å². The number of allylic oxidation sites excluding steroid dienone is 1. The maximum absolute atomic E-state index is 13.5. The Morgan fingerprint density at radius 3 is 2.44 bits per heavy atom. The molecule has 1 aliphatic carbocycles. The lowest BCUT2D eigenvalue weighted by Gasteiger charge is -2.27. The fourth-order valence-electron chi connectivity index (χ4n) is 1.11. The highest BCUT2D eigenvalue weighted by molar-refractivity contribution is 6.30. The Balaban J connectivity index is 3.50. The van der Waals surface area contributed by atoms with Gasteiger partial charge in [0.1, 0.15) is 5.03 Å². The van der Waals surface area contributed by atoms with Gasteiger partial charge in [0, 0.05) is 7.11 Å². The van der Waals surface area contributed by atoms with Crippen molar-refractivity contribution in [3.8, 4) is 0 Å². The Kier molecular flexibility index (Phi) is 3.25. The van der Waals surface area contributed by atoms with Crippen LogP contribution >= 0.6 is 11.6 Å². The van der Waals surface area contributed by atoms with Crippen molar-refractivity contribution in [2.75, 3.05) is 7.11 Å². The van der Waals surface area contributed by atoms with Crippen LogP contribution in [0.15, 0.2) is 22.4 Å². The summed E-state index contributed by atoms with van der Waals surface area (Å²) in [4.78, 5) is 8.71. The molecule has 0 amide bonds. The van der Waals surface area contributed by atoms with Gasteiger partial charge in [0.25, 0.3) is 0 Å². The molecule has 0 bridgehead atoms. The zero-order chi connectivity index (χ0) is 12.7. The molecule has 0 N–H and O–H groups in total. The fourth-order valence-corrected chi connectivity index (χ4v) is 1.34. The molecule has 0 saturated carbocycles. The third-order valence-corrected chi connectivity index (χ3v) is 2.31. The Morgan fingerprint density at radius 2 is 2.06 bits per heavy atom. The van der Waals surface area contributed by atoms with Gasteiger partial charge >= 0.3 is 11.6 Å². The smallest absolute Gasteiger partial charge is 0.341 e. The van der Waals surface area contributed by atoms with E-state index in [4.69, 9.17) is 11.6 Å². The fraction of sp³-hybridized carbons (Fsp3) is 0.429. The first-order valence-corrected chi connectivity index (χ1v) is 4.13. The first-order valence-electron chi connectivity index (χ1n) is 3.75. The summed E-state index contributed by atoms with van der Waals surface area (Å²) in [7, 11) is 0.567. The number of hydrogen-bond acceptors (Lipinski definition) is 3. The van der Waals surface area contributed by atoms with Gasteiger partial charge in [-0.1, -0.05) is 11.6 Å². The van der Waals surface area contributed by atoms with Gasteiger partial charge in [0.05, 0.1) is 4.92 Å². The number of halogens is 5. The average Bonchev–Trinajstić information content (AvgIpc) is 2.23. The van der Waals surface area contributed by atoms with E-state index in [0.29, 0.717) is 7.11 Å². The summed E-state index contributed by atoms with van der Waals surface area (Å²) >= 11 is 4.99. The quantitative estimate of drug-likeness (QED) is 0.436. The molecule has 16 heavy (non-hydrogen) atoms. The van der Waals surface area contributed by atoms with Crippen molar-refractivity contribution in [2.24, 2.45) is 0 Å². The van der Waals surface area contributed by atoms with Crippen LogP contribution < -0.4 is 0 Å². The Bertz CT molecular complexity index is 410. The molecule has 0 fully saturated rings. The van der Waals surface area contributed by atoms with E-state index in [0.717, 1.165) is 0 Å². The Morgan fingerprint density at radius 1 is 1.56 bits per heavy atom. The predicted molar refractivity (Wildman–Crippen MR) is 44.9 cm³/mol. The van der Waals surface area contributed by atoms with Crippen LogP contribution in [0.1, 0.15) is 0 Å². The Labute approximate surface area is 91.3 Å². The minimum Gasteiger partial charge on any atom is -0.341 e. The maximum Gasteiger partial charge on any atom is 0.343 e. The molecule has 1 aliphatic rings. The van der Waals surface area contributed by atoms with Gasteiger partial charge in [0.2, 0.25) is 17.8 Å². The lowest BCUT2D eigenvalue weighted by atomic mass is 10.0. The SMILES string of the molecule is COC1(F)C(F)=C([N+](=O)[O-])C(F)=C(Cl)C1F. The van der Waals surface area contributed by atoms with E-state index in [-0.39, 0.29) is 0 Å². The Hall–Kier alpha value is -1.15. The zero-order valence-electron chi connectivity index (χ0n) is 7.64. The normalized spacial score (nSPS) is 31.0. The minimum atomic E-state index is -3.78. The molecular formula is C7H4ClF4NO3. The zero-order valence-corrected chi connectivity index (χ0v) is 8.40. The molecule has 0 radical (unpaired) electrons. The first-order chi connectivity index (χ1) is 7.27. The van der Waals surface area contributed by atoms with Crippen LogP contribution in [0.25, 0.3) is 0 Å². The average molecular weight is 262 g/mol. The molecule has 0 spiro atoms. The largest absolute Gasteiger partial charge is 0.343 e. The van der Waals surface area contributed by atoms with Gasteiger partial charge in [-0.15, -0.1) is 0 Å². The van der Waals surface area contributed by atoms with E-state index < -0.39 is 39.3 Å². The third kappa shape index (κ3) is 1.57. The molecule has 0 aliphatic heterocycles. The molecule has 0 saturated heterocycles. The van der Waals surface area contributed by atoms with Crippen LogP contribution in [0, 0.1) is 10.1 Å². The number of hydrogen-bond donors (Lipinski definition) is 0. The highest BCUT2D eigenvalue weighted by atomic mass is 35.5. The van der Waals surface area contributed by atoms with E-state index in [1.165, 1.54) is 0 Å². The molecule has 9 heteroatoms. The molecule has 4 nitrogen and oxygen atoms in total. The number of methoxy groups -OCH3 is 1. The van der Waals surface area contributed by atoms with Crippen molar-refractivity contribution in [3.05, 3.63) is 32.5 Å². The van der Waals surface area contributed by atoms with E-state index in [9.17, 15) is 27.7 Å². The van der Waals surface area contributed by atoms with Crippen molar-refractivity contribution in [2.45, 2.75) is 12.0 Å². The standard InChI is InChI=1S/C7H4ClF4NO3/c1-16-7(12)5(10)2(8)3(9)4(6(7)11)13(14)15/h5H,1H3. The summed E-state index contributed by atoms with van der Waals surface area (Å²) in [5.41, 5.74) is -1.87. The second kappa shape index (κ2) is 4.02. The summed E-state index contributed by atoms with van der Waals surface area (Å²) < 4.78 is 56.7. The number of rotatable bonds is 2. The molecule has 2 unspecified atom stereocenters. The van der Waals surface area contributed by atoms with Gasteiger partial charge in [-0.3, -0.25) is 10.1 Å². The molecule has 0 aromatic rings. The van der Waals surface area contributed by atoms with Crippen LogP contribution in [0.2, 0.25) is 0 Å². The van der Waals surface area contributed by atoms with E-state index >= 15 is 0 Å². The number of ether oxygens (including phenoxy) is 1. The maximum atomic E-state index is 13.5. The van der Waals surface area contributed by atoms with Crippen molar-refractivity contribution >= 4 is 11.6 Å².